The third kappa shape index (κ3) is 5.08. The van der Waals surface area contributed by atoms with Gasteiger partial charge in [0.2, 0.25) is 0 Å². The van der Waals surface area contributed by atoms with Crippen LogP contribution in [-0.2, 0) is 6.61 Å². The second-order valence-electron chi connectivity index (χ2n) is 7.65. The molecule has 0 bridgehead atoms. The summed E-state index contributed by atoms with van der Waals surface area (Å²) in [4.78, 5) is 0. The molecule has 0 atom stereocenters. The van der Waals surface area contributed by atoms with E-state index in [1.165, 1.54) is 5.56 Å². The summed E-state index contributed by atoms with van der Waals surface area (Å²) >= 11 is 6.32. The second-order valence-corrected chi connectivity index (χ2v) is 8.06. The van der Waals surface area contributed by atoms with Crippen LogP contribution in [-0.4, -0.2) is 5.60 Å². The fraction of sp³-hybridized carbons (Fsp3) is 0.304. The number of rotatable bonds is 5. The maximum atomic E-state index is 6.32. The minimum Gasteiger partial charge on any atom is -0.489 e. The van der Waals surface area contributed by atoms with Crippen LogP contribution in [0.1, 0.15) is 37.7 Å². The first-order valence-electron chi connectivity index (χ1n) is 8.99. The van der Waals surface area contributed by atoms with Gasteiger partial charge in [0.25, 0.3) is 0 Å². The minimum absolute atomic E-state index is 0.299. The number of hydrogen-bond acceptors (Lipinski definition) is 3. The molecule has 4 heteroatoms. The van der Waals surface area contributed by atoms with E-state index in [2.05, 4.69) is 31.2 Å². The number of halogens is 1. The summed E-state index contributed by atoms with van der Waals surface area (Å²) < 4.78 is 17.6. The van der Waals surface area contributed by atoms with Gasteiger partial charge < -0.3 is 13.9 Å². The molecule has 0 fully saturated rings. The number of hydrogen-bond donors (Lipinski definition) is 0. The first-order valence-corrected chi connectivity index (χ1v) is 9.37. The summed E-state index contributed by atoms with van der Waals surface area (Å²) in [5.41, 5.74) is 2.99. The van der Waals surface area contributed by atoms with Crippen LogP contribution in [0.25, 0.3) is 11.3 Å². The number of aryl methyl sites for hydroxylation is 2. The van der Waals surface area contributed by atoms with Crippen LogP contribution in [0.3, 0.4) is 0 Å². The molecule has 0 aliphatic carbocycles. The molecule has 0 radical (unpaired) electrons. The molecule has 142 valence electrons. The van der Waals surface area contributed by atoms with Crippen molar-refractivity contribution in [2.75, 3.05) is 0 Å². The summed E-state index contributed by atoms with van der Waals surface area (Å²) in [5, 5.41) is 0.534. The van der Waals surface area contributed by atoms with Crippen LogP contribution < -0.4 is 9.47 Å². The molecule has 0 amide bonds. The molecule has 3 aromatic rings. The summed E-state index contributed by atoms with van der Waals surface area (Å²) in [6, 6.07) is 15.8. The molecule has 0 saturated carbocycles. The maximum Gasteiger partial charge on any atom is 0.138 e. The van der Waals surface area contributed by atoms with Crippen molar-refractivity contribution in [3.63, 3.8) is 0 Å². The number of benzene rings is 2. The van der Waals surface area contributed by atoms with E-state index in [-0.39, 0.29) is 5.60 Å². The third-order valence-electron chi connectivity index (χ3n) is 4.07. The molecular formula is C23H25ClO3. The highest BCUT2D eigenvalue weighted by Crippen LogP contribution is 2.32. The van der Waals surface area contributed by atoms with Crippen molar-refractivity contribution in [1.82, 2.24) is 0 Å². The van der Waals surface area contributed by atoms with E-state index in [1.54, 1.807) is 6.07 Å². The summed E-state index contributed by atoms with van der Waals surface area (Å²) in [7, 11) is 0. The average molecular weight is 385 g/mol. The van der Waals surface area contributed by atoms with Crippen molar-refractivity contribution in [1.29, 1.82) is 0 Å². The molecule has 0 aliphatic rings. The standard InChI is InChI=1S/C23H25ClO3/c1-15-6-8-17(9-7-15)22-12-18(16(2)26-22)14-25-19-10-11-21(20(24)13-19)27-23(3,4)5/h6-13H,14H2,1-5H3. The Morgan fingerprint density at radius 3 is 2.30 bits per heavy atom. The first kappa shape index (κ1) is 19.4. The fourth-order valence-electron chi connectivity index (χ4n) is 2.67. The van der Waals surface area contributed by atoms with E-state index in [0.717, 1.165) is 22.6 Å². The first-order chi connectivity index (χ1) is 12.7. The lowest BCUT2D eigenvalue weighted by Crippen LogP contribution is -2.23. The van der Waals surface area contributed by atoms with Crippen LogP contribution >= 0.6 is 11.6 Å². The van der Waals surface area contributed by atoms with Gasteiger partial charge in [0.05, 0.1) is 5.02 Å². The highest BCUT2D eigenvalue weighted by molar-refractivity contribution is 6.32. The molecule has 27 heavy (non-hydrogen) atoms. The lowest BCUT2D eigenvalue weighted by molar-refractivity contribution is 0.131. The largest absolute Gasteiger partial charge is 0.489 e. The van der Waals surface area contributed by atoms with Gasteiger partial charge in [0.1, 0.15) is 35.2 Å². The summed E-state index contributed by atoms with van der Waals surface area (Å²) in [6.07, 6.45) is 0. The van der Waals surface area contributed by atoms with Crippen LogP contribution in [0.15, 0.2) is 52.9 Å². The Kier molecular flexibility index (Phi) is 5.52. The van der Waals surface area contributed by atoms with Gasteiger partial charge in [-0.15, -0.1) is 0 Å². The normalized spacial score (nSPS) is 11.5. The highest BCUT2D eigenvalue weighted by Gasteiger charge is 2.15. The lowest BCUT2D eigenvalue weighted by Gasteiger charge is -2.22. The smallest absolute Gasteiger partial charge is 0.138 e. The molecule has 1 aromatic heterocycles. The van der Waals surface area contributed by atoms with E-state index in [9.17, 15) is 0 Å². The number of ether oxygens (including phenoxy) is 2. The Balaban J connectivity index is 1.70. The topological polar surface area (TPSA) is 31.6 Å². The van der Waals surface area contributed by atoms with Crippen molar-refractivity contribution < 1.29 is 13.9 Å². The van der Waals surface area contributed by atoms with E-state index in [1.807, 2.05) is 45.9 Å². The zero-order valence-electron chi connectivity index (χ0n) is 16.4. The van der Waals surface area contributed by atoms with E-state index < -0.39 is 0 Å². The van der Waals surface area contributed by atoms with Crippen molar-refractivity contribution in [3.05, 3.63) is 70.4 Å². The van der Waals surface area contributed by atoms with Crippen molar-refractivity contribution in [3.8, 4) is 22.8 Å². The Morgan fingerprint density at radius 2 is 1.67 bits per heavy atom. The van der Waals surface area contributed by atoms with Crippen LogP contribution in [0.2, 0.25) is 5.02 Å². The molecule has 1 heterocycles. The van der Waals surface area contributed by atoms with Gasteiger partial charge in [-0.05, 0) is 52.8 Å². The zero-order valence-corrected chi connectivity index (χ0v) is 17.2. The fourth-order valence-corrected chi connectivity index (χ4v) is 2.88. The molecule has 0 aliphatic heterocycles. The van der Waals surface area contributed by atoms with Gasteiger partial charge in [-0.2, -0.15) is 0 Å². The van der Waals surface area contributed by atoms with E-state index in [4.69, 9.17) is 25.5 Å². The summed E-state index contributed by atoms with van der Waals surface area (Å²) in [5.74, 6) is 3.04. The SMILES string of the molecule is Cc1ccc(-c2cc(COc3ccc(OC(C)(C)C)c(Cl)c3)c(C)o2)cc1. The van der Waals surface area contributed by atoms with Gasteiger partial charge >= 0.3 is 0 Å². The highest BCUT2D eigenvalue weighted by atomic mass is 35.5. The van der Waals surface area contributed by atoms with Crippen LogP contribution in [0.5, 0.6) is 11.5 Å². The predicted octanol–water partition coefficient (Wildman–Crippen LogP) is 6.97. The molecule has 0 N–H and O–H groups in total. The predicted molar refractivity (Wildman–Crippen MR) is 110 cm³/mol. The molecule has 3 rings (SSSR count). The molecule has 3 nitrogen and oxygen atoms in total. The molecule has 0 saturated heterocycles. The van der Waals surface area contributed by atoms with Crippen molar-refractivity contribution >= 4 is 11.6 Å². The summed E-state index contributed by atoms with van der Waals surface area (Å²) in [6.45, 7) is 10.4. The quantitative estimate of drug-likeness (QED) is 0.475. The molecule has 2 aromatic carbocycles. The molecular weight excluding hydrogens is 360 g/mol. The Hall–Kier alpha value is -2.39. The van der Waals surface area contributed by atoms with Gasteiger partial charge in [-0.1, -0.05) is 41.4 Å². The number of furan rings is 1. The Bertz CT molecular complexity index is 918. The van der Waals surface area contributed by atoms with Gasteiger partial charge in [-0.25, -0.2) is 0 Å². The van der Waals surface area contributed by atoms with Crippen LogP contribution in [0.4, 0.5) is 0 Å². The van der Waals surface area contributed by atoms with Gasteiger partial charge in [0, 0.05) is 17.2 Å². The van der Waals surface area contributed by atoms with Crippen LogP contribution in [0, 0.1) is 13.8 Å². The second kappa shape index (κ2) is 7.69. The maximum absolute atomic E-state index is 6.32. The van der Waals surface area contributed by atoms with Crippen molar-refractivity contribution in [2.45, 2.75) is 46.8 Å². The monoisotopic (exact) mass is 384 g/mol. The Labute approximate surface area is 165 Å². The Morgan fingerprint density at radius 1 is 0.963 bits per heavy atom. The van der Waals surface area contributed by atoms with Gasteiger partial charge in [-0.3, -0.25) is 0 Å². The van der Waals surface area contributed by atoms with Crippen molar-refractivity contribution in [2.24, 2.45) is 0 Å². The van der Waals surface area contributed by atoms with E-state index in [0.29, 0.717) is 23.1 Å². The average Bonchev–Trinajstić information content (AvgIpc) is 2.96. The van der Waals surface area contributed by atoms with E-state index >= 15 is 0 Å². The molecule has 0 unspecified atom stereocenters. The third-order valence-corrected chi connectivity index (χ3v) is 4.37. The molecule has 0 spiro atoms. The minimum atomic E-state index is -0.299. The zero-order chi connectivity index (χ0) is 19.6. The van der Waals surface area contributed by atoms with Gasteiger partial charge in [0.15, 0.2) is 0 Å². The lowest BCUT2D eigenvalue weighted by atomic mass is 10.1.